The van der Waals surface area contributed by atoms with E-state index < -0.39 is 23.3 Å². The average Bonchev–Trinajstić information content (AvgIpc) is 3.30. The van der Waals surface area contributed by atoms with Crippen LogP contribution in [-0.4, -0.2) is 43.8 Å². The van der Waals surface area contributed by atoms with Gasteiger partial charge < -0.3 is 10.2 Å². The molecule has 0 radical (unpaired) electrons. The molecule has 1 atom stereocenters. The predicted octanol–water partition coefficient (Wildman–Crippen LogP) is 5.00. The number of nitrogens with one attached hydrogen (secondary N) is 1. The van der Waals surface area contributed by atoms with E-state index in [1.807, 2.05) is 76.2 Å². The van der Waals surface area contributed by atoms with Crippen molar-refractivity contribution < 1.29 is 14.0 Å². The first-order valence-corrected chi connectivity index (χ1v) is 12.9. The topological polar surface area (TPSA) is 80.1 Å². The molecule has 1 aromatic heterocycles. The number of benzene rings is 3. The molecule has 38 heavy (non-hydrogen) atoms. The number of carbonyl (C=O) groups is 2. The van der Waals surface area contributed by atoms with Gasteiger partial charge in [-0.2, -0.15) is 0 Å². The van der Waals surface area contributed by atoms with Crippen molar-refractivity contribution >= 4 is 22.8 Å². The molecule has 0 fully saturated rings. The van der Waals surface area contributed by atoms with Crippen LogP contribution in [0.3, 0.4) is 0 Å². The van der Waals surface area contributed by atoms with Crippen LogP contribution in [0.1, 0.15) is 49.9 Å². The lowest BCUT2D eigenvalue weighted by Gasteiger charge is -2.35. The van der Waals surface area contributed by atoms with Gasteiger partial charge >= 0.3 is 0 Å². The van der Waals surface area contributed by atoms with Gasteiger partial charge in [0.1, 0.15) is 23.9 Å². The fraction of sp³-hybridized carbons (Fsp3) is 0.333. The lowest BCUT2D eigenvalue weighted by atomic mass is 9.97. The molecular weight excluding hydrogens is 481 g/mol. The molecule has 0 bridgehead atoms. The van der Waals surface area contributed by atoms with Gasteiger partial charge in [-0.15, -0.1) is 5.10 Å². The summed E-state index contributed by atoms with van der Waals surface area (Å²) in [6.45, 7) is 7.87. The molecule has 3 aromatic carbocycles. The molecule has 0 aliphatic rings. The van der Waals surface area contributed by atoms with Crippen molar-refractivity contribution in [2.45, 2.75) is 58.7 Å². The highest BCUT2D eigenvalue weighted by Gasteiger charge is 2.35. The summed E-state index contributed by atoms with van der Waals surface area (Å²) < 4.78 is 16.7. The Kier molecular flexibility index (Phi) is 8.20. The van der Waals surface area contributed by atoms with Gasteiger partial charge in [0.25, 0.3) is 0 Å². The predicted molar refractivity (Wildman–Crippen MR) is 146 cm³/mol. The van der Waals surface area contributed by atoms with E-state index in [1.54, 1.807) is 18.2 Å². The van der Waals surface area contributed by atoms with Gasteiger partial charge in [-0.05, 0) is 62.9 Å². The van der Waals surface area contributed by atoms with Crippen molar-refractivity contribution in [3.8, 4) is 0 Å². The summed E-state index contributed by atoms with van der Waals surface area (Å²) in [5.41, 5.74) is 3.13. The Bertz CT molecular complexity index is 1430. The van der Waals surface area contributed by atoms with Crippen molar-refractivity contribution in [3.05, 3.63) is 95.3 Å². The third-order valence-electron chi connectivity index (χ3n) is 7.01. The van der Waals surface area contributed by atoms with Gasteiger partial charge in [-0.3, -0.25) is 9.59 Å². The first-order chi connectivity index (χ1) is 18.2. The van der Waals surface area contributed by atoms with Gasteiger partial charge in [0.2, 0.25) is 11.8 Å². The van der Waals surface area contributed by atoms with E-state index in [0.29, 0.717) is 23.9 Å². The SMILES string of the molecule is CCC(C)(C)NC(=O)[C@H](c1ccccc1F)N(CCc1ccccc1C)C(=O)Cn1nnc2ccccc21. The summed E-state index contributed by atoms with van der Waals surface area (Å²) in [6, 6.07) is 20.3. The van der Waals surface area contributed by atoms with Crippen LogP contribution >= 0.6 is 0 Å². The Morgan fingerprint density at radius 1 is 1.03 bits per heavy atom. The Hall–Kier alpha value is -4.07. The van der Waals surface area contributed by atoms with E-state index >= 15 is 4.39 Å². The van der Waals surface area contributed by atoms with Crippen molar-refractivity contribution in [2.75, 3.05) is 6.54 Å². The smallest absolute Gasteiger partial charge is 0.247 e. The zero-order chi connectivity index (χ0) is 27.3. The normalized spacial score (nSPS) is 12.3. The molecular formula is C30H34FN5O2. The summed E-state index contributed by atoms with van der Waals surface area (Å²) in [5, 5.41) is 11.3. The zero-order valence-electron chi connectivity index (χ0n) is 22.3. The number of fused-ring (bicyclic) bond motifs is 1. The van der Waals surface area contributed by atoms with Gasteiger partial charge in [0.05, 0.1) is 5.52 Å². The highest BCUT2D eigenvalue weighted by atomic mass is 19.1. The summed E-state index contributed by atoms with van der Waals surface area (Å²) in [6.07, 6.45) is 1.18. The quantitative estimate of drug-likeness (QED) is 0.323. The Morgan fingerprint density at radius 2 is 1.71 bits per heavy atom. The van der Waals surface area contributed by atoms with Crippen LogP contribution in [0.2, 0.25) is 0 Å². The molecule has 198 valence electrons. The lowest BCUT2D eigenvalue weighted by molar-refractivity contribution is -0.142. The number of para-hydroxylation sites is 1. The Labute approximate surface area is 222 Å². The third kappa shape index (κ3) is 6.07. The monoisotopic (exact) mass is 515 g/mol. The minimum atomic E-state index is -1.16. The molecule has 8 heteroatoms. The summed E-state index contributed by atoms with van der Waals surface area (Å²) in [5.74, 6) is -1.32. The first-order valence-electron chi connectivity index (χ1n) is 12.9. The molecule has 4 aromatic rings. The molecule has 0 aliphatic heterocycles. The van der Waals surface area contributed by atoms with Crippen LogP contribution < -0.4 is 5.32 Å². The minimum absolute atomic E-state index is 0.135. The summed E-state index contributed by atoms with van der Waals surface area (Å²) in [4.78, 5) is 29.2. The molecule has 4 rings (SSSR count). The Morgan fingerprint density at radius 3 is 2.45 bits per heavy atom. The molecule has 1 N–H and O–H groups in total. The maximum absolute atomic E-state index is 15.2. The highest BCUT2D eigenvalue weighted by Crippen LogP contribution is 2.27. The van der Waals surface area contributed by atoms with E-state index in [-0.39, 0.29) is 24.6 Å². The number of halogens is 1. The summed E-state index contributed by atoms with van der Waals surface area (Å²) in [7, 11) is 0. The average molecular weight is 516 g/mol. The molecule has 0 saturated carbocycles. The van der Waals surface area contributed by atoms with Crippen LogP contribution in [0.25, 0.3) is 11.0 Å². The third-order valence-corrected chi connectivity index (χ3v) is 7.01. The molecule has 7 nitrogen and oxygen atoms in total. The maximum atomic E-state index is 15.2. The van der Waals surface area contributed by atoms with E-state index in [9.17, 15) is 9.59 Å². The van der Waals surface area contributed by atoms with E-state index in [2.05, 4.69) is 15.6 Å². The van der Waals surface area contributed by atoms with Gasteiger partial charge in [0, 0.05) is 17.6 Å². The number of nitrogens with zero attached hydrogens (tertiary/aromatic N) is 4. The lowest BCUT2D eigenvalue weighted by Crippen LogP contribution is -2.51. The van der Waals surface area contributed by atoms with Crippen molar-refractivity contribution in [2.24, 2.45) is 0 Å². The van der Waals surface area contributed by atoms with Crippen molar-refractivity contribution in [1.29, 1.82) is 0 Å². The number of hydrogen-bond donors (Lipinski definition) is 1. The van der Waals surface area contributed by atoms with Crippen LogP contribution in [0, 0.1) is 12.7 Å². The van der Waals surface area contributed by atoms with Crippen LogP contribution in [0.5, 0.6) is 0 Å². The van der Waals surface area contributed by atoms with Crippen LogP contribution in [0.4, 0.5) is 4.39 Å². The van der Waals surface area contributed by atoms with Crippen LogP contribution in [-0.2, 0) is 22.6 Å². The Balaban J connectivity index is 1.75. The highest BCUT2D eigenvalue weighted by molar-refractivity contribution is 5.89. The van der Waals surface area contributed by atoms with Crippen molar-refractivity contribution in [1.82, 2.24) is 25.2 Å². The number of rotatable bonds is 10. The van der Waals surface area contributed by atoms with Crippen LogP contribution in [0.15, 0.2) is 72.8 Å². The molecule has 1 heterocycles. The molecule has 0 saturated heterocycles. The molecule has 0 unspecified atom stereocenters. The fourth-order valence-electron chi connectivity index (χ4n) is 4.42. The molecule has 0 aliphatic carbocycles. The van der Waals surface area contributed by atoms with Gasteiger partial charge in [-0.1, -0.05) is 66.7 Å². The number of carbonyl (C=O) groups excluding carboxylic acids is 2. The summed E-state index contributed by atoms with van der Waals surface area (Å²) >= 11 is 0. The van der Waals surface area contributed by atoms with E-state index in [1.165, 1.54) is 15.6 Å². The second-order valence-corrected chi connectivity index (χ2v) is 10.2. The van der Waals surface area contributed by atoms with Gasteiger partial charge in [-0.25, -0.2) is 9.07 Å². The second-order valence-electron chi connectivity index (χ2n) is 10.2. The standard InChI is InChI=1S/C30H34FN5O2/c1-5-30(3,4)32-29(38)28(23-14-8-9-15-24(23)31)35(19-18-22-13-7-6-12-21(22)2)27(37)20-36-26-17-11-10-16-25(26)33-34-36/h6-17,28H,5,18-20H2,1-4H3,(H,32,38)/t28-/m0/s1. The minimum Gasteiger partial charge on any atom is -0.349 e. The van der Waals surface area contributed by atoms with E-state index in [4.69, 9.17) is 0 Å². The zero-order valence-corrected chi connectivity index (χ0v) is 22.3. The van der Waals surface area contributed by atoms with Crippen molar-refractivity contribution in [3.63, 3.8) is 0 Å². The maximum Gasteiger partial charge on any atom is 0.247 e. The molecule has 0 spiro atoms. The largest absolute Gasteiger partial charge is 0.349 e. The number of hydrogen-bond acceptors (Lipinski definition) is 4. The van der Waals surface area contributed by atoms with E-state index in [0.717, 1.165) is 11.1 Å². The number of amides is 2. The second kappa shape index (κ2) is 11.5. The first kappa shape index (κ1) is 27.0. The number of aromatic nitrogens is 3. The van der Waals surface area contributed by atoms with Gasteiger partial charge in [0.15, 0.2) is 0 Å². The fourth-order valence-corrected chi connectivity index (χ4v) is 4.42. The number of aryl methyl sites for hydroxylation is 1. The molecule has 2 amide bonds.